The first kappa shape index (κ1) is 20.7. The van der Waals surface area contributed by atoms with E-state index in [1.54, 1.807) is 31.2 Å². The number of allylic oxidation sites excluding steroid dienone is 2. The van der Waals surface area contributed by atoms with Gasteiger partial charge in [-0.25, -0.2) is 8.78 Å². The number of ether oxygens (including phenoxy) is 1. The number of furan rings is 1. The predicted octanol–water partition coefficient (Wildman–Crippen LogP) is 4.80. The van der Waals surface area contributed by atoms with E-state index >= 15 is 0 Å². The van der Waals surface area contributed by atoms with Crippen molar-refractivity contribution in [3.63, 3.8) is 0 Å². The Bertz CT molecular complexity index is 979. The summed E-state index contributed by atoms with van der Waals surface area (Å²) in [6, 6.07) is 3.80. The quantitative estimate of drug-likeness (QED) is 0.710. The Balaban J connectivity index is 1.53. The van der Waals surface area contributed by atoms with E-state index in [0.29, 0.717) is 17.1 Å². The Hall–Kier alpha value is -2.55. The second kappa shape index (κ2) is 7.61. The zero-order valence-corrected chi connectivity index (χ0v) is 16.2. The van der Waals surface area contributed by atoms with Crippen LogP contribution in [0.15, 0.2) is 52.6 Å². The standard InChI is InChI=1S/C21H21F5N2O2/c1-13-7-15-8-17(4-5-18(15)30-13)29-11-14-3-2-6-28(19(14)21(24,25)26)16-9-20(22,23)12-27-10-16/h2-8,16,19,27H,9-12H2,1H3. The molecule has 0 amide bonds. The van der Waals surface area contributed by atoms with Crippen molar-refractivity contribution >= 4 is 11.0 Å². The van der Waals surface area contributed by atoms with Gasteiger partial charge in [0.05, 0.1) is 6.54 Å². The second-order valence-corrected chi connectivity index (χ2v) is 7.66. The van der Waals surface area contributed by atoms with Crippen molar-refractivity contribution in [2.24, 2.45) is 0 Å². The van der Waals surface area contributed by atoms with Crippen LogP contribution in [-0.4, -0.2) is 48.8 Å². The van der Waals surface area contributed by atoms with E-state index in [2.05, 4.69) is 5.32 Å². The Morgan fingerprint density at radius 3 is 2.80 bits per heavy atom. The van der Waals surface area contributed by atoms with Gasteiger partial charge in [-0.1, -0.05) is 6.08 Å². The molecule has 2 aliphatic rings. The van der Waals surface area contributed by atoms with Gasteiger partial charge in [0.1, 0.15) is 23.7 Å². The highest BCUT2D eigenvalue weighted by Gasteiger charge is 2.50. The summed E-state index contributed by atoms with van der Waals surface area (Å²) in [5, 5.41) is 3.32. The summed E-state index contributed by atoms with van der Waals surface area (Å²) in [6.45, 7) is 1.01. The number of benzene rings is 1. The molecule has 4 nitrogen and oxygen atoms in total. The van der Waals surface area contributed by atoms with Crippen molar-refractivity contribution in [2.45, 2.75) is 37.5 Å². The summed E-state index contributed by atoms with van der Waals surface area (Å²) >= 11 is 0. The first-order valence-electron chi connectivity index (χ1n) is 9.55. The van der Waals surface area contributed by atoms with Crippen LogP contribution >= 0.6 is 0 Å². The van der Waals surface area contributed by atoms with Crippen LogP contribution in [0.25, 0.3) is 11.0 Å². The van der Waals surface area contributed by atoms with Gasteiger partial charge in [0.25, 0.3) is 5.92 Å². The molecule has 0 spiro atoms. The largest absolute Gasteiger partial charge is 0.489 e. The maximum absolute atomic E-state index is 13.9. The molecule has 0 bridgehead atoms. The molecule has 1 aromatic heterocycles. The van der Waals surface area contributed by atoms with Crippen LogP contribution in [0.3, 0.4) is 0 Å². The lowest BCUT2D eigenvalue weighted by molar-refractivity contribution is -0.178. The van der Waals surface area contributed by atoms with E-state index < -0.39 is 37.1 Å². The van der Waals surface area contributed by atoms with Gasteiger partial charge in [-0.05, 0) is 42.8 Å². The molecule has 2 unspecified atom stereocenters. The average molecular weight is 428 g/mol. The summed E-state index contributed by atoms with van der Waals surface area (Å²) in [6.07, 6.45) is -1.27. The Morgan fingerprint density at radius 2 is 2.07 bits per heavy atom. The number of halogens is 5. The highest BCUT2D eigenvalue weighted by Crippen LogP contribution is 2.37. The summed E-state index contributed by atoms with van der Waals surface area (Å²) in [5.41, 5.74) is 0.618. The van der Waals surface area contributed by atoms with E-state index in [-0.39, 0.29) is 18.7 Å². The molecule has 4 rings (SSSR count). The maximum Gasteiger partial charge on any atom is 0.412 e. The van der Waals surface area contributed by atoms with E-state index in [1.165, 1.54) is 18.4 Å². The minimum absolute atomic E-state index is 0.0395. The van der Waals surface area contributed by atoms with Crippen molar-refractivity contribution in [2.75, 3.05) is 19.7 Å². The van der Waals surface area contributed by atoms with Crippen LogP contribution < -0.4 is 10.1 Å². The molecule has 1 fully saturated rings. The molecule has 1 saturated heterocycles. The lowest BCUT2D eigenvalue weighted by Crippen LogP contribution is -2.58. The van der Waals surface area contributed by atoms with Crippen LogP contribution in [0.1, 0.15) is 12.2 Å². The van der Waals surface area contributed by atoms with Gasteiger partial charge < -0.3 is 19.4 Å². The zero-order chi connectivity index (χ0) is 21.5. The molecule has 162 valence electrons. The molecule has 2 aliphatic heterocycles. The van der Waals surface area contributed by atoms with Gasteiger partial charge in [-0.15, -0.1) is 0 Å². The summed E-state index contributed by atoms with van der Waals surface area (Å²) in [4.78, 5) is 0.974. The normalized spacial score (nSPS) is 24.2. The molecule has 30 heavy (non-hydrogen) atoms. The van der Waals surface area contributed by atoms with Crippen molar-refractivity contribution in [3.05, 3.63) is 54.0 Å². The lowest BCUT2D eigenvalue weighted by atomic mass is 9.96. The van der Waals surface area contributed by atoms with Crippen molar-refractivity contribution in [3.8, 4) is 5.75 Å². The summed E-state index contributed by atoms with van der Waals surface area (Å²) in [5.74, 6) is -1.94. The Kier molecular flexibility index (Phi) is 5.25. The summed E-state index contributed by atoms with van der Waals surface area (Å²) in [7, 11) is 0. The van der Waals surface area contributed by atoms with Crippen LogP contribution in [0.5, 0.6) is 5.75 Å². The van der Waals surface area contributed by atoms with Gasteiger partial charge in [0, 0.05) is 30.6 Å². The smallest absolute Gasteiger partial charge is 0.412 e. The topological polar surface area (TPSA) is 37.6 Å². The molecule has 0 aliphatic carbocycles. The van der Waals surface area contributed by atoms with Crippen molar-refractivity contribution in [1.29, 1.82) is 0 Å². The fraction of sp³-hybridized carbons (Fsp3) is 0.429. The van der Waals surface area contributed by atoms with E-state index in [1.807, 2.05) is 0 Å². The van der Waals surface area contributed by atoms with Crippen LogP contribution in [-0.2, 0) is 0 Å². The van der Waals surface area contributed by atoms with Gasteiger partial charge in [-0.2, -0.15) is 13.2 Å². The predicted molar refractivity (Wildman–Crippen MR) is 102 cm³/mol. The minimum Gasteiger partial charge on any atom is -0.489 e. The molecular formula is C21H21F5N2O2. The second-order valence-electron chi connectivity index (χ2n) is 7.66. The molecule has 2 atom stereocenters. The monoisotopic (exact) mass is 428 g/mol. The number of aryl methyl sites for hydroxylation is 1. The van der Waals surface area contributed by atoms with Crippen LogP contribution in [0.4, 0.5) is 22.0 Å². The number of hydrogen-bond donors (Lipinski definition) is 1. The summed E-state index contributed by atoms with van der Waals surface area (Å²) < 4.78 is 80.5. The number of rotatable bonds is 4. The molecule has 1 aromatic carbocycles. The van der Waals surface area contributed by atoms with Gasteiger partial charge in [-0.3, -0.25) is 0 Å². The third-order valence-electron chi connectivity index (χ3n) is 5.26. The third-order valence-corrected chi connectivity index (χ3v) is 5.26. The maximum atomic E-state index is 13.9. The van der Waals surface area contributed by atoms with Gasteiger partial charge in [0.15, 0.2) is 6.04 Å². The first-order chi connectivity index (χ1) is 14.1. The highest BCUT2D eigenvalue weighted by molar-refractivity contribution is 5.79. The molecule has 1 N–H and O–H groups in total. The number of nitrogens with zero attached hydrogens (tertiary/aromatic N) is 1. The number of alkyl halides is 5. The molecule has 3 heterocycles. The Morgan fingerprint density at radius 1 is 1.27 bits per heavy atom. The number of piperidine rings is 1. The van der Waals surface area contributed by atoms with E-state index in [4.69, 9.17) is 9.15 Å². The Labute approximate surface area is 170 Å². The van der Waals surface area contributed by atoms with Gasteiger partial charge in [0.2, 0.25) is 0 Å². The molecular weight excluding hydrogens is 407 g/mol. The van der Waals surface area contributed by atoms with E-state index in [0.717, 1.165) is 10.3 Å². The number of nitrogens with one attached hydrogen (secondary N) is 1. The van der Waals surface area contributed by atoms with Crippen molar-refractivity contribution in [1.82, 2.24) is 10.2 Å². The first-order valence-corrected chi connectivity index (χ1v) is 9.55. The fourth-order valence-electron chi connectivity index (χ4n) is 4.01. The third kappa shape index (κ3) is 4.30. The van der Waals surface area contributed by atoms with Crippen LogP contribution in [0.2, 0.25) is 0 Å². The average Bonchev–Trinajstić information content (AvgIpc) is 3.03. The SMILES string of the molecule is Cc1cc2cc(OCC3=CC=CN(C4CNCC(F)(F)C4)C3C(F)(F)F)ccc2o1. The van der Waals surface area contributed by atoms with Crippen molar-refractivity contribution < 1.29 is 31.1 Å². The molecule has 0 radical (unpaired) electrons. The number of hydrogen-bond acceptors (Lipinski definition) is 4. The fourth-order valence-corrected chi connectivity index (χ4v) is 4.01. The van der Waals surface area contributed by atoms with Crippen LogP contribution in [0, 0.1) is 6.92 Å². The lowest BCUT2D eigenvalue weighted by Gasteiger charge is -2.44. The van der Waals surface area contributed by atoms with E-state index in [9.17, 15) is 22.0 Å². The minimum atomic E-state index is -4.64. The molecule has 0 saturated carbocycles. The molecule has 2 aromatic rings. The molecule has 9 heteroatoms. The zero-order valence-electron chi connectivity index (χ0n) is 16.2. The number of fused-ring (bicyclic) bond motifs is 1. The highest BCUT2D eigenvalue weighted by atomic mass is 19.4. The van der Waals surface area contributed by atoms with Gasteiger partial charge >= 0.3 is 6.18 Å².